The normalized spacial score (nSPS) is 11.2. The molecule has 2 aromatic heterocycles. The molecule has 0 atom stereocenters. The zero-order chi connectivity index (χ0) is 12.5. The molecule has 0 aliphatic heterocycles. The molecule has 0 bridgehead atoms. The first-order chi connectivity index (χ1) is 8.74. The maximum atomic E-state index is 5.78. The van der Waals surface area contributed by atoms with E-state index in [2.05, 4.69) is 19.9 Å². The highest BCUT2D eigenvalue weighted by Gasteiger charge is 2.07. The van der Waals surface area contributed by atoms with Crippen LogP contribution >= 0.6 is 11.3 Å². The number of benzene rings is 1. The average Bonchev–Trinajstić information content (AvgIpc) is 2.93. The molecule has 0 aliphatic carbocycles. The van der Waals surface area contributed by atoms with Crippen molar-refractivity contribution in [2.24, 2.45) is 0 Å². The van der Waals surface area contributed by atoms with Crippen molar-refractivity contribution in [2.75, 3.05) is 5.73 Å². The molecular formula is C13H14N4S. The summed E-state index contributed by atoms with van der Waals surface area (Å²) in [4.78, 5) is 8.84. The van der Waals surface area contributed by atoms with Crippen molar-refractivity contribution in [3.63, 3.8) is 0 Å². The summed E-state index contributed by atoms with van der Waals surface area (Å²) in [7, 11) is 0. The summed E-state index contributed by atoms with van der Waals surface area (Å²) in [6.07, 6.45) is 0.931. The lowest BCUT2D eigenvalue weighted by Crippen LogP contribution is -2.03. The molecule has 4 nitrogen and oxygen atoms in total. The minimum atomic E-state index is 0.756. The molecule has 0 radical (unpaired) electrons. The van der Waals surface area contributed by atoms with E-state index in [1.807, 2.05) is 30.6 Å². The monoisotopic (exact) mass is 258 g/mol. The number of thiazole rings is 1. The van der Waals surface area contributed by atoms with Gasteiger partial charge in [-0.25, -0.2) is 9.97 Å². The Labute approximate surface area is 109 Å². The van der Waals surface area contributed by atoms with E-state index in [0.29, 0.717) is 0 Å². The Balaban J connectivity index is 1.93. The van der Waals surface area contributed by atoms with Crippen LogP contribution in [0.2, 0.25) is 0 Å². The van der Waals surface area contributed by atoms with Crippen LogP contribution in [0.4, 0.5) is 5.69 Å². The second kappa shape index (κ2) is 4.42. The Hall–Kier alpha value is -1.88. The van der Waals surface area contributed by atoms with Gasteiger partial charge in [-0.15, -0.1) is 11.3 Å². The van der Waals surface area contributed by atoms with Gasteiger partial charge in [-0.2, -0.15) is 0 Å². The van der Waals surface area contributed by atoms with Gasteiger partial charge in [0.15, 0.2) is 0 Å². The smallest absolute Gasteiger partial charge is 0.106 e. The van der Waals surface area contributed by atoms with Crippen molar-refractivity contribution in [3.05, 3.63) is 40.6 Å². The first-order valence-corrected chi connectivity index (χ1v) is 6.78. The first kappa shape index (κ1) is 11.2. The average molecular weight is 258 g/mol. The van der Waals surface area contributed by atoms with Crippen LogP contribution in [-0.4, -0.2) is 14.5 Å². The molecule has 5 heteroatoms. The number of nitrogens with zero attached hydrogens (tertiary/aromatic N) is 3. The van der Waals surface area contributed by atoms with Crippen LogP contribution in [0.1, 0.15) is 11.5 Å². The standard InChI is InChI=1S/C13H14N4S/c1-9-16-12-6-10(14)2-3-13(12)17(9)5-4-11-7-18-8-15-11/h2-3,6-8H,4-5,14H2,1H3. The fourth-order valence-corrected chi connectivity index (χ4v) is 2.73. The van der Waals surface area contributed by atoms with Crippen LogP contribution in [-0.2, 0) is 13.0 Å². The van der Waals surface area contributed by atoms with Gasteiger partial charge in [-0.05, 0) is 25.1 Å². The Morgan fingerprint density at radius 2 is 2.28 bits per heavy atom. The number of fused-ring (bicyclic) bond motifs is 1. The van der Waals surface area contributed by atoms with E-state index in [1.54, 1.807) is 11.3 Å². The minimum Gasteiger partial charge on any atom is -0.399 e. The van der Waals surface area contributed by atoms with Crippen LogP contribution in [0.5, 0.6) is 0 Å². The van der Waals surface area contributed by atoms with E-state index in [1.165, 1.54) is 0 Å². The van der Waals surface area contributed by atoms with Gasteiger partial charge in [0.2, 0.25) is 0 Å². The highest BCUT2D eigenvalue weighted by molar-refractivity contribution is 7.07. The zero-order valence-corrected chi connectivity index (χ0v) is 10.9. The summed E-state index contributed by atoms with van der Waals surface area (Å²) in [6, 6.07) is 5.87. The van der Waals surface area contributed by atoms with E-state index >= 15 is 0 Å². The van der Waals surface area contributed by atoms with E-state index in [0.717, 1.165) is 41.2 Å². The second-order valence-electron chi connectivity index (χ2n) is 4.29. The summed E-state index contributed by atoms with van der Waals surface area (Å²) in [5.74, 6) is 1.02. The quantitative estimate of drug-likeness (QED) is 0.735. The van der Waals surface area contributed by atoms with E-state index in [-0.39, 0.29) is 0 Å². The summed E-state index contributed by atoms with van der Waals surface area (Å²) in [5.41, 5.74) is 11.6. The van der Waals surface area contributed by atoms with Crippen molar-refractivity contribution in [1.29, 1.82) is 0 Å². The number of nitrogen functional groups attached to an aromatic ring is 1. The maximum Gasteiger partial charge on any atom is 0.106 e. The summed E-state index contributed by atoms with van der Waals surface area (Å²) >= 11 is 1.63. The van der Waals surface area contributed by atoms with Crippen LogP contribution in [0.25, 0.3) is 11.0 Å². The summed E-state index contributed by atoms with van der Waals surface area (Å²) in [6.45, 7) is 2.92. The second-order valence-corrected chi connectivity index (χ2v) is 5.01. The number of hydrogen-bond donors (Lipinski definition) is 1. The number of aryl methyl sites for hydroxylation is 3. The Morgan fingerprint density at radius 1 is 1.39 bits per heavy atom. The lowest BCUT2D eigenvalue weighted by Gasteiger charge is -2.05. The van der Waals surface area contributed by atoms with Crippen LogP contribution in [0, 0.1) is 6.92 Å². The van der Waals surface area contributed by atoms with Crippen molar-refractivity contribution in [3.8, 4) is 0 Å². The molecule has 3 aromatic rings. The molecule has 2 heterocycles. The molecule has 0 amide bonds. The topological polar surface area (TPSA) is 56.7 Å². The SMILES string of the molecule is Cc1nc2cc(N)ccc2n1CCc1cscn1. The molecular weight excluding hydrogens is 244 g/mol. The highest BCUT2D eigenvalue weighted by Crippen LogP contribution is 2.19. The number of nitrogens with two attached hydrogens (primary N) is 1. The Kier molecular flexibility index (Phi) is 2.76. The molecule has 0 saturated heterocycles. The minimum absolute atomic E-state index is 0.756. The van der Waals surface area contributed by atoms with Crippen molar-refractivity contribution >= 4 is 28.1 Å². The molecule has 2 N–H and O–H groups in total. The van der Waals surface area contributed by atoms with Gasteiger partial charge in [0.1, 0.15) is 5.82 Å². The van der Waals surface area contributed by atoms with Crippen LogP contribution in [0.15, 0.2) is 29.1 Å². The predicted molar refractivity (Wildman–Crippen MR) is 74.7 cm³/mol. The van der Waals surface area contributed by atoms with Gasteiger partial charge in [-0.1, -0.05) is 0 Å². The lowest BCUT2D eigenvalue weighted by atomic mass is 10.2. The number of hydrogen-bond acceptors (Lipinski definition) is 4. The molecule has 0 unspecified atom stereocenters. The molecule has 3 rings (SSSR count). The molecule has 18 heavy (non-hydrogen) atoms. The van der Waals surface area contributed by atoms with Gasteiger partial charge >= 0.3 is 0 Å². The summed E-state index contributed by atoms with van der Waals surface area (Å²) in [5, 5.41) is 2.09. The molecule has 1 aromatic carbocycles. The summed E-state index contributed by atoms with van der Waals surface area (Å²) < 4.78 is 2.22. The van der Waals surface area contributed by atoms with Gasteiger partial charge < -0.3 is 10.3 Å². The third-order valence-corrected chi connectivity index (χ3v) is 3.67. The third kappa shape index (κ3) is 1.97. The fourth-order valence-electron chi connectivity index (χ4n) is 2.14. The molecule has 0 fully saturated rings. The Morgan fingerprint density at radius 3 is 3.06 bits per heavy atom. The lowest BCUT2D eigenvalue weighted by molar-refractivity contribution is 0.684. The third-order valence-electron chi connectivity index (χ3n) is 3.04. The van der Waals surface area contributed by atoms with Crippen LogP contribution < -0.4 is 5.73 Å². The van der Waals surface area contributed by atoms with Gasteiger partial charge in [-0.3, -0.25) is 0 Å². The number of imidazole rings is 1. The molecule has 0 aliphatic rings. The highest BCUT2D eigenvalue weighted by atomic mass is 32.1. The van der Waals surface area contributed by atoms with Crippen molar-refractivity contribution in [1.82, 2.24) is 14.5 Å². The molecule has 0 spiro atoms. The Bertz CT molecular complexity index is 670. The zero-order valence-electron chi connectivity index (χ0n) is 10.1. The molecule has 92 valence electrons. The predicted octanol–water partition coefficient (Wildman–Crippen LogP) is 2.63. The fraction of sp³-hybridized carbons (Fsp3) is 0.231. The van der Waals surface area contributed by atoms with Gasteiger partial charge in [0.25, 0.3) is 0 Å². The molecule has 0 saturated carbocycles. The number of rotatable bonds is 3. The number of anilines is 1. The maximum absolute atomic E-state index is 5.78. The van der Waals surface area contributed by atoms with Crippen molar-refractivity contribution < 1.29 is 0 Å². The van der Waals surface area contributed by atoms with Gasteiger partial charge in [0, 0.05) is 24.0 Å². The number of aromatic nitrogens is 3. The van der Waals surface area contributed by atoms with E-state index < -0.39 is 0 Å². The van der Waals surface area contributed by atoms with E-state index in [9.17, 15) is 0 Å². The van der Waals surface area contributed by atoms with Gasteiger partial charge in [0.05, 0.1) is 22.2 Å². The largest absolute Gasteiger partial charge is 0.399 e. The first-order valence-electron chi connectivity index (χ1n) is 5.83. The van der Waals surface area contributed by atoms with E-state index in [4.69, 9.17) is 5.73 Å². The van der Waals surface area contributed by atoms with Crippen molar-refractivity contribution in [2.45, 2.75) is 19.9 Å². The van der Waals surface area contributed by atoms with Crippen LogP contribution in [0.3, 0.4) is 0 Å².